The third-order valence-corrected chi connectivity index (χ3v) is 14.3. The molecule has 8 aromatic carbocycles. The fraction of sp³-hybridized carbons (Fsp3) is 0.0222. The van der Waals surface area contributed by atoms with Crippen LogP contribution in [0.15, 0.2) is 208 Å². The second-order valence-corrected chi connectivity index (χ2v) is 16.8. The molecule has 8 aromatic rings. The maximum Gasteiger partial charge on any atom is 0.307 e. The molecule has 0 aliphatic rings. The van der Waals surface area contributed by atoms with Crippen molar-refractivity contribution in [3.63, 3.8) is 0 Å². The topological polar surface area (TPSA) is 43.4 Å². The molecule has 244 valence electrons. The molecule has 0 heterocycles. The van der Waals surface area contributed by atoms with E-state index in [9.17, 15) is 8.42 Å². The summed E-state index contributed by atoms with van der Waals surface area (Å²) in [4.78, 5) is 2.46. The first-order valence-electron chi connectivity index (χ1n) is 16.5. The number of rotatable bonds is 8. The molecule has 0 atom stereocenters. The van der Waals surface area contributed by atoms with Gasteiger partial charge in [-0.15, -0.1) is 0 Å². The molecule has 0 aliphatic heterocycles. The van der Waals surface area contributed by atoms with E-state index in [0.717, 1.165) is 64.0 Å². The van der Waals surface area contributed by atoms with Gasteiger partial charge in [-0.1, -0.05) is 145 Å². The average molecular weight is 687 g/mol. The van der Waals surface area contributed by atoms with Crippen LogP contribution in [0.2, 0.25) is 0 Å². The highest BCUT2D eigenvalue weighted by atomic mass is 32.3. The summed E-state index contributed by atoms with van der Waals surface area (Å²) in [6.07, 6.45) is 0. The van der Waals surface area contributed by atoms with E-state index in [1.54, 1.807) is 24.3 Å². The van der Waals surface area contributed by atoms with Gasteiger partial charge in [-0.05, 0) is 110 Å². The fourth-order valence-electron chi connectivity index (χ4n) is 6.62. The highest BCUT2D eigenvalue weighted by Crippen LogP contribution is 2.70. The van der Waals surface area contributed by atoms with Crippen LogP contribution in [0.5, 0.6) is 0 Å². The molecular formula is C45H34O3S2. The Hall–Kier alpha value is -5.46. The highest BCUT2D eigenvalue weighted by Gasteiger charge is 2.38. The molecule has 0 aromatic heterocycles. The number of fused-ring (bicyclic) bond motifs is 2. The summed E-state index contributed by atoms with van der Waals surface area (Å²) in [5, 5.41) is 4.65. The summed E-state index contributed by atoms with van der Waals surface area (Å²) in [6, 6.07) is 62.3. The lowest BCUT2D eigenvalue weighted by Gasteiger charge is -2.39. The van der Waals surface area contributed by atoms with Crippen LogP contribution in [-0.2, 0) is 13.7 Å². The number of hydrogen-bond acceptors (Lipinski definition) is 3. The average Bonchev–Trinajstić information content (AvgIpc) is 3.17. The molecule has 5 heteroatoms. The normalized spacial score (nSPS) is 12.3. The highest BCUT2D eigenvalue weighted by molar-refractivity contribution is 8.33. The van der Waals surface area contributed by atoms with Crippen molar-refractivity contribution in [3.05, 3.63) is 194 Å². The minimum Gasteiger partial charge on any atom is -0.203 e. The Morgan fingerprint density at radius 2 is 0.780 bits per heavy atom. The zero-order chi connectivity index (χ0) is 34.1. The molecule has 0 unspecified atom stereocenters. The van der Waals surface area contributed by atoms with E-state index in [-0.39, 0.29) is 4.90 Å². The SMILES string of the molecule is Cc1ccc(S(=O)(=O)OS(c2ccccc2)(c2ccc(-c3cccc4ccccc34)cc2)c2ccc(-c3cccc4ccccc34)cc2)cc1. The molecule has 0 bridgehead atoms. The predicted octanol–water partition coefficient (Wildman–Crippen LogP) is 12.2. The van der Waals surface area contributed by atoms with Gasteiger partial charge < -0.3 is 0 Å². The first kappa shape index (κ1) is 31.8. The Balaban J connectivity index is 1.33. The molecule has 0 radical (unpaired) electrons. The third-order valence-electron chi connectivity index (χ3n) is 9.15. The molecule has 0 aliphatic carbocycles. The standard InChI is InChI=1S/C45H34O3S2/c1-33-21-27-41(28-22-33)50(46,47)48-49(38-15-3-2-4-16-38,39-29-23-36(24-30-39)44-19-9-13-34-11-5-7-17-42(34)44)40-31-25-37(26-32-40)45-20-10-14-35-12-6-8-18-43(35)45/h2-32H,1H3. The fourth-order valence-corrected chi connectivity index (χ4v) is 11.8. The number of aryl methyl sites for hydroxylation is 1. The largest absolute Gasteiger partial charge is 0.307 e. The number of benzene rings is 8. The van der Waals surface area contributed by atoms with E-state index in [2.05, 4.69) is 97.1 Å². The van der Waals surface area contributed by atoms with E-state index in [0.29, 0.717) is 0 Å². The smallest absolute Gasteiger partial charge is 0.203 e. The third kappa shape index (κ3) is 5.80. The molecule has 0 saturated heterocycles. The maximum absolute atomic E-state index is 14.3. The van der Waals surface area contributed by atoms with Crippen molar-refractivity contribution in [1.29, 1.82) is 0 Å². The monoisotopic (exact) mass is 686 g/mol. The lowest BCUT2D eigenvalue weighted by Crippen LogP contribution is -2.14. The van der Waals surface area contributed by atoms with Crippen molar-refractivity contribution in [1.82, 2.24) is 0 Å². The zero-order valence-electron chi connectivity index (χ0n) is 27.4. The summed E-state index contributed by atoms with van der Waals surface area (Å²) in [5.41, 5.74) is 5.28. The molecule has 50 heavy (non-hydrogen) atoms. The van der Waals surface area contributed by atoms with Crippen molar-refractivity contribution in [2.75, 3.05) is 0 Å². The molecule has 8 rings (SSSR count). The number of hydrogen-bond donors (Lipinski definition) is 0. The van der Waals surface area contributed by atoms with Crippen LogP contribution >= 0.6 is 10.3 Å². The van der Waals surface area contributed by atoms with E-state index in [1.807, 2.05) is 73.7 Å². The summed E-state index contributed by atoms with van der Waals surface area (Å²) in [5.74, 6) is 0. The van der Waals surface area contributed by atoms with E-state index in [4.69, 9.17) is 3.63 Å². The first-order valence-corrected chi connectivity index (χ1v) is 19.5. The Kier molecular flexibility index (Phi) is 8.33. The van der Waals surface area contributed by atoms with Crippen LogP contribution in [0.25, 0.3) is 43.8 Å². The molecule has 0 spiro atoms. The Morgan fingerprint density at radius 1 is 0.380 bits per heavy atom. The summed E-state index contributed by atoms with van der Waals surface area (Å²) < 4.78 is 35.4. The van der Waals surface area contributed by atoms with Crippen LogP contribution in [0.4, 0.5) is 0 Å². The van der Waals surface area contributed by atoms with Gasteiger partial charge in [-0.3, -0.25) is 0 Å². The van der Waals surface area contributed by atoms with E-state index in [1.165, 1.54) is 0 Å². The van der Waals surface area contributed by atoms with Crippen molar-refractivity contribution >= 4 is 42.0 Å². The summed E-state index contributed by atoms with van der Waals surface area (Å²) in [7, 11) is -7.04. The van der Waals surface area contributed by atoms with Gasteiger partial charge >= 0.3 is 10.1 Å². The van der Waals surface area contributed by atoms with Crippen LogP contribution in [0, 0.1) is 6.92 Å². The molecule has 0 N–H and O–H groups in total. The van der Waals surface area contributed by atoms with Crippen LogP contribution in [-0.4, -0.2) is 8.42 Å². The molecule has 0 amide bonds. The van der Waals surface area contributed by atoms with Crippen molar-refractivity contribution in [3.8, 4) is 22.3 Å². The minimum absolute atomic E-state index is 0.121. The Morgan fingerprint density at radius 3 is 1.28 bits per heavy atom. The molecule has 3 nitrogen and oxygen atoms in total. The van der Waals surface area contributed by atoms with E-state index >= 15 is 0 Å². The van der Waals surface area contributed by atoms with Gasteiger partial charge in [0.15, 0.2) is 0 Å². The van der Waals surface area contributed by atoms with Gasteiger partial charge in [0.25, 0.3) is 0 Å². The zero-order valence-corrected chi connectivity index (χ0v) is 29.1. The second kappa shape index (κ2) is 13.1. The van der Waals surface area contributed by atoms with E-state index < -0.39 is 20.4 Å². The van der Waals surface area contributed by atoms with Gasteiger partial charge in [0.1, 0.15) is 0 Å². The Bertz CT molecular complexity index is 2430. The Labute approximate surface area is 295 Å². The minimum atomic E-state index is -4.22. The lowest BCUT2D eigenvalue weighted by molar-refractivity contribution is 0.508. The molecule has 0 saturated carbocycles. The van der Waals surface area contributed by atoms with Gasteiger partial charge in [0.05, 0.1) is 4.90 Å². The van der Waals surface area contributed by atoms with Gasteiger partial charge in [-0.25, -0.2) is 3.63 Å². The van der Waals surface area contributed by atoms with Gasteiger partial charge in [0, 0.05) is 14.7 Å². The van der Waals surface area contributed by atoms with Crippen LogP contribution < -0.4 is 0 Å². The van der Waals surface area contributed by atoms with Crippen LogP contribution in [0.3, 0.4) is 0 Å². The summed E-state index contributed by atoms with van der Waals surface area (Å²) >= 11 is 0. The van der Waals surface area contributed by atoms with Crippen molar-refractivity contribution < 1.29 is 12.0 Å². The maximum atomic E-state index is 14.3. The van der Waals surface area contributed by atoms with Gasteiger partial charge in [-0.2, -0.15) is 8.42 Å². The van der Waals surface area contributed by atoms with Gasteiger partial charge in [0.2, 0.25) is 0 Å². The molecule has 0 fully saturated rings. The first-order chi connectivity index (χ1) is 24.4. The second-order valence-electron chi connectivity index (χ2n) is 12.3. The quantitative estimate of drug-likeness (QED) is 0.160. The van der Waals surface area contributed by atoms with Crippen molar-refractivity contribution in [2.24, 2.45) is 0 Å². The van der Waals surface area contributed by atoms with Crippen LogP contribution in [0.1, 0.15) is 5.56 Å². The van der Waals surface area contributed by atoms with Crippen molar-refractivity contribution in [2.45, 2.75) is 26.5 Å². The molecular weight excluding hydrogens is 653 g/mol. The lowest BCUT2D eigenvalue weighted by atomic mass is 9.98. The predicted molar refractivity (Wildman–Crippen MR) is 207 cm³/mol. The summed E-state index contributed by atoms with van der Waals surface area (Å²) in [6.45, 7) is 1.94.